The van der Waals surface area contributed by atoms with Gasteiger partial charge in [-0.1, -0.05) is 17.7 Å². The highest BCUT2D eigenvalue weighted by atomic mass is 32.2. The number of benzene rings is 2. The van der Waals surface area contributed by atoms with Gasteiger partial charge in [0.1, 0.15) is 11.8 Å². The fraction of sp³-hybridized carbons (Fsp3) is 0.400. The van der Waals surface area contributed by atoms with E-state index in [-0.39, 0.29) is 5.06 Å². The topological polar surface area (TPSA) is 82.9 Å². The maximum Gasteiger partial charge on any atom is 0.236 e. The van der Waals surface area contributed by atoms with Crippen molar-refractivity contribution in [2.75, 3.05) is 11.0 Å². The lowest BCUT2D eigenvalue weighted by molar-refractivity contribution is -0.951. The summed E-state index contributed by atoms with van der Waals surface area (Å²) in [5, 5.41) is 13.3. The zero-order chi connectivity index (χ0) is 20.1. The molecule has 0 fully saturated rings. The van der Waals surface area contributed by atoms with Crippen molar-refractivity contribution in [1.82, 2.24) is 0 Å². The summed E-state index contributed by atoms with van der Waals surface area (Å²) in [7, 11) is -3.40. The van der Waals surface area contributed by atoms with Gasteiger partial charge in [0, 0.05) is 25.5 Å². The summed E-state index contributed by atoms with van der Waals surface area (Å²) in [6.45, 7) is 9.58. The molecule has 3 rings (SSSR count). The molecule has 0 radical (unpaired) electrons. The average Bonchev–Trinajstić information content (AvgIpc) is 2.48. The second-order valence-electron chi connectivity index (χ2n) is 7.85. The van der Waals surface area contributed by atoms with E-state index in [2.05, 4.69) is 16.9 Å². The predicted molar refractivity (Wildman–Crippen MR) is 106 cm³/mol. The number of sulfonamides is 1. The van der Waals surface area contributed by atoms with Crippen LogP contribution in [0.5, 0.6) is 5.75 Å². The normalized spacial score (nSPS) is 21.3. The van der Waals surface area contributed by atoms with Crippen LogP contribution in [0.4, 0.5) is 5.69 Å². The molecule has 6 nitrogen and oxygen atoms in total. The first kappa shape index (κ1) is 19.7. The Balaban J connectivity index is 2.19. The third-order valence-corrected chi connectivity index (χ3v) is 5.48. The Hall–Kier alpha value is -2.09. The third kappa shape index (κ3) is 3.81. The van der Waals surface area contributed by atoms with Crippen molar-refractivity contribution in [1.29, 1.82) is 0 Å². The van der Waals surface area contributed by atoms with Gasteiger partial charge in [0.15, 0.2) is 0 Å². The summed E-state index contributed by atoms with van der Waals surface area (Å²) in [6, 6.07) is 8.81. The van der Waals surface area contributed by atoms with Crippen LogP contribution in [0.25, 0.3) is 0 Å². The van der Waals surface area contributed by atoms with Gasteiger partial charge in [0.25, 0.3) is 0 Å². The van der Waals surface area contributed by atoms with Gasteiger partial charge >= 0.3 is 0 Å². The Morgan fingerprint density at radius 1 is 1.11 bits per heavy atom. The summed E-state index contributed by atoms with van der Waals surface area (Å²) in [6.07, 6.45) is 1.10. The number of nitrogens with one attached hydrogen (secondary N) is 2. The fourth-order valence-corrected chi connectivity index (χ4v) is 4.44. The van der Waals surface area contributed by atoms with Gasteiger partial charge in [-0.2, -0.15) is 0 Å². The number of hydrogen-bond acceptors (Lipinski definition) is 4. The van der Waals surface area contributed by atoms with E-state index in [1.54, 1.807) is 32.0 Å². The van der Waals surface area contributed by atoms with Gasteiger partial charge in [-0.05, 0) is 44.0 Å². The largest absolute Gasteiger partial charge is 0.631 e. The molecule has 1 aliphatic heterocycles. The van der Waals surface area contributed by atoms with Crippen LogP contribution in [0.1, 0.15) is 47.7 Å². The van der Waals surface area contributed by atoms with Crippen molar-refractivity contribution in [3.05, 3.63) is 63.4 Å². The first-order valence-corrected chi connectivity index (χ1v) is 10.7. The monoisotopic (exact) mass is 390 g/mol. The molecule has 7 heteroatoms. The van der Waals surface area contributed by atoms with Crippen LogP contribution in [-0.2, 0) is 10.0 Å². The highest BCUT2D eigenvalue weighted by molar-refractivity contribution is 7.92. The molecule has 2 N–H and O–H groups in total. The molecule has 0 aliphatic carbocycles. The van der Waals surface area contributed by atoms with Crippen molar-refractivity contribution < 1.29 is 18.2 Å². The van der Waals surface area contributed by atoms with E-state index >= 15 is 0 Å². The zero-order valence-corrected chi connectivity index (χ0v) is 17.3. The van der Waals surface area contributed by atoms with Gasteiger partial charge < -0.3 is 15.0 Å². The lowest BCUT2D eigenvalue weighted by Gasteiger charge is -2.48. The number of anilines is 1. The average molecular weight is 391 g/mol. The molecule has 27 heavy (non-hydrogen) atoms. The Morgan fingerprint density at radius 3 is 2.26 bits per heavy atom. The van der Waals surface area contributed by atoms with Crippen LogP contribution in [0.2, 0.25) is 0 Å². The fourth-order valence-electron chi connectivity index (χ4n) is 3.89. The number of hydroxylamine groups is 2. The van der Waals surface area contributed by atoms with Crippen LogP contribution in [0, 0.1) is 26.0 Å². The Kier molecular flexibility index (Phi) is 4.74. The predicted octanol–water partition coefficient (Wildman–Crippen LogP) is 2.58. The van der Waals surface area contributed by atoms with Crippen molar-refractivity contribution in [2.45, 2.75) is 46.4 Å². The molecule has 0 aromatic heterocycles. The molecule has 0 bridgehead atoms. The molecule has 1 aliphatic rings. The van der Waals surface area contributed by atoms with E-state index in [4.69, 9.17) is 4.74 Å². The summed E-state index contributed by atoms with van der Waals surface area (Å²) in [5.41, 5.74) is 4.43. The first-order chi connectivity index (χ1) is 12.4. The second-order valence-corrected chi connectivity index (χ2v) is 9.60. The Morgan fingerprint density at radius 2 is 1.70 bits per heavy atom. The number of hydrogen-bond donors (Lipinski definition) is 2. The lowest BCUT2D eigenvalue weighted by Crippen LogP contribution is -3.17. The maximum atomic E-state index is 13.3. The minimum Gasteiger partial charge on any atom is -0.631 e. The SMILES string of the molecule is Cc1cc(C)c(C2c3ccc(NS(C)(=O)=O)cc3OC(C)(C)[NH+]2[O-])c(C)c1. The van der Waals surface area contributed by atoms with Gasteiger partial charge in [-0.3, -0.25) is 4.72 Å². The van der Waals surface area contributed by atoms with Crippen molar-refractivity contribution in [3.8, 4) is 5.75 Å². The van der Waals surface area contributed by atoms with E-state index in [9.17, 15) is 13.6 Å². The number of fused-ring (bicyclic) bond motifs is 1. The van der Waals surface area contributed by atoms with Gasteiger partial charge in [0.05, 0.1) is 17.5 Å². The zero-order valence-electron chi connectivity index (χ0n) is 16.5. The molecule has 2 atom stereocenters. The van der Waals surface area contributed by atoms with E-state index in [0.29, 0.717) is 11.4 Å². The molecule has 1 heterocycles. The molecule has 0 saturated carbocycles. The summed E-state index contributed by atoms with van der Waals surface area (Å²) < 4.78 is 31.5. The minimum atomic E-state index is -3.40. The smallest absolute Gasteiger partial charge is 0.236 e. The standard InChI is InChI=1S/C20H26N2O4S/c1-12-9-13(2)18(14(3)10-12)19-16-8-7-15(21-27(6,24)25)11-17(16)26-20(4,5)22(19)23/h7-11,19,21-22H,1-6H3. The van der Waals surface area contributed by atoms with Gasteiger partial charge in [0.2, 0.25) is 15.7 Å². The lowest BCUT2D eigenvalue weighted by atomic mass is 9.87. The first-order valence-electron chi connectivity index (χ1n) is 8.82. The Labute approximate surface area is 160 Å². The molecule has 146 valence electrons. The van der Waals surface area contributed by atoms with Crippen LogP contribution < -0.4 is 14.5 Å². The van der Waals surface area contributed by atoms with E-state index < -0.39 is 21.8 Å². The summed E-state index contributed by atoms with van der Waals surface area (Å²) in [4.78, 5) is 0. The van der Waals surface area contributed by atoms with E-state index in [1.165, 1.54) is 0 Å². The molecular formula is C20H26N2O4S. The summed E-state index contributed by atoms with van der Waals surface area (Å²) in [5.74, 6) is 0.526. The molecule has 2 aromatic carbocycles. The Bertz CT molecular complexity index is 976. The molecule has 0 amide bonds. The highest BCUT2D eigenvalue weighted by Crippen LogP contribution is 2.38. The van der Waals surface area contributed by atoms with E-state index in [0.717, 1.165) is 34.1 Å². The van der Waals surface area contributed by atoms with Crippen molar-refractivity contribution >= 4 is 15.7 Å². The highest BCUT2D eigenvalue weighted by Gasteiger charge is 2.42. The number of ether oxygens (including phenoxy) is 1. The van der Waals surface area contributed by atoms with E-state index in [1.807, 2.05) is 20.8 Å². The second kappa shape index (κ2) is 6.51. The van der Waals surface area contributed by atoms with Crippen molar-refractivity contribution in [3.63, 3.8) is 0 Å². The molecule has 2 unspecified atom stereocenters. The van der Waals surface area contributed by atoms with Crippen LogP contribution in [0.15, 0.2) is 30.3 Å². The van der Waals surface area contributed by atoms with Crippen LogP contribution in [0.3, 0.4) is 0 Å². The van der Waals surface area contributed by atoms with Gasteiger partial charge in [-0.15, -0.1) is 0 Å². The summed E-state index contributed by atoms with van der Waals surface area (Å²) >= 11 is 0. The third-order valence-electron chi connectivity index (χ3n) is 4.88. The van der Waals surface area contributed by atoms with Crippen LogP contribution >= 0.6 is 0 Å². The maximum absolute atomic E-state index is 13.3. The molecule has 0 saturated heterocycles. The minimum absolute atomic E-state index is 0.00567. The van der Waals surface area contributed by atoms with Crippen LogP contribution in [-0.4, -0.2) is 20.4 Å². The quantitative estimate of drug-likeness (QED) is 0.789. The molecule has 0 spiro atoms. The number of aryl methyl sites for hydroxylation is 3. The molecular weight excluding hydrogens is 364 g/mol. The number of quaternary nitrogens is 1. The number of rotatable bonds is 3. The molecule has 2 aromatic rings. The van der Waals surface area contributed by atoms with Crippen molar-refractivity contribution in [2.24, 2.45) is 0 Å². The van der Waals surface area contributed by atoms with Gasteiger partial charge in [-0.25, -0.2) is 8.42 Å².